The minimum absolute atomic E-state index is 0.115. The van der Waals surface area contributed by atoms with E-state index in [1.807, 2.05) is 0 Å². The molecule has 0 aromatic rings. The molecule has 116 valence electrons. The predicted octanol–water partition coefficient (Wildman–Crippen LogP) is 4.76. The van der Waals surface area contributed by atoms with Gasteiger partial charge < -0.3 is 9.47 Å². The Kier molecular flexibility index (Phi) is 8.11. The van der Waals surface area contributed by atoms with Crippen LogP contribution in [0, 0.1) is 0 Å². The first-order valence-electron chi connectivity index (χ1n) is 7.29. The molecule has 0 heterocycles. The summed E-state index contributed by atoms with van der Waals surface area (Å²) < 4.78 is 10.7. The number of hydrogen-bond acceptors (Lipinski definition) is 3. The zero-order chi connectivity index (χ0) is 15.0. The molecule has 3 nitrogen and oxygen atoms in total. The SMILES string of the molecule is CCCCCCCCC1(OCOC)CC(=O)C(Cl)=C1Cl. The molecule has 0 fully saturated rings. The van der Waals surface area contributed by atoms with Crippen LogP contribution in [0.25, 0.3) is 0 Å². The second-order valence-corrected chi connectivity index (χ2v) is 6.05. The van der Waals surface area contributed by atoms with Crippen LogP contribution in [0.5, 0.6) is 0 Å². The third kappa shape index (κ3) is 4.73. The van der Waals surface area contributed by atoms with E-state index in [1.54, 1.807) is 7.11 Å². The Morgan fingerprint density at radius 3 is 2.35 bits per heavy atom. The fourth-order valence-electron chi connectivity index (χ4n) is 2.48. The summed E-state index contributed by atoms with van der Waals surface area (Å²) >= 11 is 12.2. The third-order valence-electron chi connectivity index (χ3n) is 3.67. The highest BCUT2D eigenvalue weighted by atomic mass is 35.5. The summed E-state index contributed by atoms with van der Waals surface area (Å²) in [6.45, 7) is 2.31. The highest BCUT2D eigenvalue weighted by Gasteiger charge is 2.45. The Bertz CT molecular complexity index is 355. The molecule has 0 amide bonds. The molecule has 5 heteroatoms. The summed E-state index contributed by atoms with van der Waals surface area (Å²) in [5.74, 6) is -0.140. The molecule has 1 unspecified atom stereocenters. The van der Waals surface area contributed by atoms with Gasteiger partial charge in [-0.1, -0.05) is 68.7 Å². The van der Waals surface area contributed by atoms with Gasteiger partial charge in [-0.3, -0.25) is 4.79 Å². The maximum absolute atomic E-state index is 11.7. The molecule has 0 radical (unpaired) electrons. The van der Waals surface area contributed by atoms with E-state index in [0.29, 0.717) is 11.5 Å². The molecule has 1 aliphatic rings. The molecule has 0 aliphatic heterocycles. The maximum Gasteiger partial charge on any atom is 0.178 e. The van der Waals surface area contributed by atoms with Crippen molar-refractivity contribution >= 4 is 29.0 Å². The van der Waals surface area contributed by atoms with E-state index >= 15 is 0 Å². The van der Waals surface area contributed by atoms with Gasteiger partial charge in [0.05, 0.1) is 5.03 Å². The molecule has 0 aromatic heterocycles. The fourth-order valence-corrected chi connectivity index (χ4v) is 3.04. The molecule has 0 saturated heterocycles. The van der Waals surface area contributed by atoms with Gasteiger partial charge in [0.25, 0.3) is 0 Å². The van der Waals surface area contributed by atoms with Gasteiger partial charge in [0.15, 0.2) is 5.78 Å². The molecule has 0 saturated carbocycles. The van der Waals surface area contributed by atoms with Gasteiger partial charge in [-0.25, -0.2) is 0 Å². The topological polar surface area (TPSA) is 35.5 Å². The smallest absolute Gasteiger partial charge is 0.178 e. The summed E-state index contributed by atoms with van der Waals surface area (Å²) in [6.07, 6.45) is 8.00. The third-order valence-corrected chi connectivity index (χ3v) is 4.70. The summed E-state index contributed by atoms with van der Waals surface area (Å²) in [6, 6.07) is 0. The minimum Gasteiger partial charge on any atom is -0.359 e. The summed E-state index contributed by atoms with van der Waals surface area (Å²) in [7, 11) is 1.55. The average Bonchev–Trinajstić information content (AvgIpc) is 2.65. The first-order valence-corrected chi connectivity index (χ1v) is 8.05. The normalized spacial score (nSPS) is 22.9. The molecule has 0 spiro atoms. The van der Waals surface area contributed by atoms with Gasteiger partial charge in [0.2, 0.25) is 0 Å². The van der Waals surface area contributed by atoms with Gasteiger partial charge in [0, 0.05) is 13.5 Å². The van der Waals surface area contributed by atoms with Crippen molar-refractivity contribution in [3.63, 3.8) is 0 Å². The van der Waals surface area contributed by atoms with E-state index in [9.17, 15) is 4.79 Å². The average molecular weight is 323 g/mol. The van der Waals surface area contributed by atoms with Crippen LogP contribution in [0.3, 0.4) is 0 Å². The number of Topliss-reactive ketones (excluding diaryl/α,β-unsaturated/α-hetero) is 1. The van der Waals surface area contributed by atoms with Crippen molar-refractivity contribution in [2.45, 2.75) is 63.9 Å². The van der Waals surface area contributed by atoms with Gasteiger partial charge in [0.1, 0.15) is 17.4 Å². The zero-order valence-electron chi connectivity index (χ0n) is 12.3. The van der Waals surface area contributed by atoms with E-state index in [0.717, 1.165) is 12.8 Å². The Balaban J connectivity index is 2.51. The van der Waals surface area contributed by atoms with Crippen molar-refractivity contribution in [3.05, 3.63) is 10.1 Å². The summed E-state index contributed by atoms with van der Waals surface area (Å²) in [4.78, 5) is 11.7. The molecule has 0 aromatic carbocycles. The van der Waals surface area contributed by atoms with Crippen molar-refractivity contribution in [2.75, 3.05) is 13.9 Å². The van der Waals surface area contributed by atoms with Crippen LogP contribution in [-0.4, -0.2) is 25.3 Å². The second-order valence-electron chi connectivity index (χ2n) is 5.29. The van der Waals surface area contributed by atoms with Crippen LogP contribution < -0.4 is 0 Å². The van der Waals surface area contributed by atoms with E-state index in [1.165, 1.54) is 25.7 Å². The second kappa shape index (κ2) is 9.04. The number of unbranched alkanes of at least 4 members (excludes halogenated alkanes) is 5. The summed E-state index contributed by atoms with van der Waals surface area (Å²) in [5, 5.41) is 0.462. The predicted molar refractivity (Wildman–Crippen MR) is 82.0 cm³/mol. The lowest BCUT2D eigenvalue weighted by atomic mass is 9.94. The minimum atomic E-state index is -0.767. The van der Waals surface area contributed by atoms with E-state index in [4.69, 9.17) is 32.7 Å². The van der Waals surface area contributed by atoms with E-state index in [-0.39, 0.29) is 24.0 Å². The number of methoxy groups -OCH3 is 1. The molecule has 1 rings (SSSR count). The Morgan fingerprint density at radius 2 is 1.80 bits per heavy atom. The van der Waals surface area contributed by atoms with Crippen molar-refractivity contribution in [3.8, 4) is 0 Å². The van der Waals surface area contributed by atoms with E-state index < -0.39 is 5.60 Å². The van der Waals surface area contributed by atoms with Gasteiger partial charge in [-0.05, 0) is 6.42 Å². The first kappa shape index (κ1) is 18.0. The van der Waals surface area contributed by atoms with Crippen LogP contribution in [0.15, 0.2) is 10.1 Å². The molecule has 0 bridgehead atoms. The molecular weight excluding hydrogens is 299 g/mol. The van der Waals surface area contributed by atoms with Crippen LogP contribution >= 0.6 is 23.2 Å². The van der Waals surface area contributed by atoms with Gasteiger partial charge in [-0.2, -0.15) is 0 Å². The van der Waals surface area contributed by atoms with Gasteiger partial charge in [-0.15, -0.1) is 0 Å². The lowest BCUT2D eigenvalue weighted by Gasteiger charge is -2.29. The van der Waals surface area contributed by atoms with Crippen LogP contribution in [0.2, 0.25) is 0 Å². The molecule has 1 aliphatic carbocycles. The largest absolute Gasteiger partial charge is 0.359 e. The zero-order valence-corrected chi connectivity index (χ0v) is 13.9. The number of hydrogen-bond donors (Lipinski definition) is 0. The number of allylic oxidation sites excluding steroid dienone is 1. The van der Waals surface area contributed by atoms with Crippen LogP contribution in [0.4, 0.5) is 0 Å². The van der Waals surface area contributed by atoms with Gasteiger partial charge >= 0.3 is 0 Å². The first-order chi connectivity index (χ1) is 9.57. The molecule has 0 N–H and O–H groups in total. The number of halogens is 2. The van der Waals surface area contributed by atoms with E-state index in [2.05, 4.69) is 6.92 Å². The lowest BCUT2D eigenvalue weighted by molar-refractivity contribution is -0.130. The number of carbonyl (C=O) groups is 1. The highest BCUT2D eigenvalue weighted by Crippen LogP contribution is 2.44. The lowest BCUT2D eigenvalue weighted by Crippen LogP contribution is -2.32. The maximum atomic E-state index is 11.7. The van der Waals surface area contributed by atoms with Crippen molar-refractivity contribution in [1.82, 2.24) is 0 Å². The van der Waals surface area contributed by atoms with Crippen LogP contribution in [-0.2, 0) is 14.3 Å². The highest BCUT2D eigenvalue weighted by molar-refractivity contribution is 6.50. The van der Waals surface area contributed by atoms with Crippen molar-refractivity contribution < 1.29 is 14.3 Å². The summed E-state index contributed by atoms with van der Waals surface area (Å²) in [5.41, 5.74) is -0.767. The Morgan fingerprint density at radius 1 is 1.15 bits per heavy atom. The standard InChI is InChI=1S/C15H24Cl2O3/c1-3-4-5-6-7-8-9-15(20-11-19-2)10-12(18)13(16)14(15)17/h3-11H2,1-2H3. The quantitative estimate of drug-likeness (QED) is 0.429. The number of ketones is 1. The number of carbonyl (C=O) groups excluding carboxylic acids is 1. The van der Waals surface area contributed by atoms with Crippen LogP contribution in [0.1, 0.15) is 58.3 Å². The Labute approximate surface area is 131 Å². The number of ether oxygens (including phenoxy) is 2. The molecule has 1 atom stereocenters. The molecular formula is C15H24Cl2O3. The van der Waals surface area contributed by atoms with Crippen molar-refractivity contribution in [1.29, 1.82) is 0 Å². The fraction of sp³-hybridized carbons (Fsp3) is 0.800. The number of rotatable bonds is 10. The Hall–Kier alpha value is -0.0900. The monoisotopic (exact) mass is 322 g/mol. The molecule has 20 heavy (non-hydrogen) atoms. The van der Waals surface area contributed by atoms with Crippen molar-refractivity contribution in [2.24, 2.45) is 0 Å².